The summed E-state index contributed by atoms with van der Waals surface area (Å²) in [5.41, 5.74) is 0.465. The Bertz CT molecular complexity index is 941. The Labute approximate surface area is 137 Å². The monoisotopic (exact) mass is 325 g/mol. The van der Waals surface area contributed by atoms with Crippen molar-refractivity contribution in [2.45, 2.75) is 12.5 Å². The summed E-state index contributed by atoms with van der Waals surface area (Å²) in [6.45, 7) is 1.32. The van der Waals surface area contributed by atoms with Crippen molar-refractivity contribution in [3.63, 3.8) is 0 Å². The van der Waals surface area contributed by atoms with Crippen LogP contribution in [0, 0.1) is 5.82 Å². The van der Waals surface area contributed by atoms with E-state index in [1.807, 2.05) is 11.0 Å². The first kappa shape index (κ1) is 14.6. The van der Waals surface area contributed by atoms with Crippen LogP contribution in [0.3, 0.4) is 0 Å². The minimum Gasteiger partial charge on any atom is -0.365 e. The molecule has 0 amide bonds. The lowest BCUT2D eigenvalue weighted by Crippen LogP contribution is -2.28. The fourth-order valence-electron chi connectivity index (χ4n) is 3.02. The first-order valence-corrected chi connectivity index (χ1v) is 7.81. The molecule has 1 unspecified atom stereocenters. The van der Waals surface area contributed by atoms with E-state index in [1.165, 1.54) is 16.5 Å². The summed E-state index contributed by atoms with van der Waals surface area (Å²) >= 11 is 0. The van der Waals surface area contributed by atoms with Gasteiger partial charge in [-0.05, 0) is 30.7 Å². The Morgan fingerprint density at radius 1 is 1.25 bits per heavy atom. The zero-order valence-corrected chi connectivity index (χ0v) is 12.9. The van der Waals surface area contributed by atoms with Gasteiger partial charge in [-0.2, -0.15) is 0 Å². The zero-order chi connectivity index (χ0) is 16.5. The second kappa shape index (κ2) is 5.92. The second-order valence-corrected chi connectivity index (χ2v) is 5.79. The standard InChI is InChI=1S/C17H16FN5O/c18-13-4-3-7-19-17(13)22-9-6-12(11-22)20-14-10-16(24)23-8-2-1-5-15(23)21-14/h1-5,7-8,10,12,20H,6,9,11H2. The highest BCUT2D eigenvalue weighted by Crippen LogP contribution is 2.22. The van der Waals surface area contributed by atoms with Gasteiger partial charge < -0.3 is 10.2 Å². The molecule has 1 aliphatic rings. The van der Waals surface area contributed by atoms with Crippen LogP contribution in [-0.2, 0) is 0 Å². The highest BCUT2D eigenvalue weighted by Gasteiger charge is 2.25. The van der Waals surface area contributed by atoms with Gasteiger partial charge >= 0.3 is 0 Å². The van der Waals surface area contributed by atoms with E-state index in [1.54, 1.807) is 30.6 Å². The molecular weight excluding hydrogens is 309 g/mol. The van der Waals surface area contributed by atoms with Crippen LogP contribution in [-0.4, -0.2) is 33.5 Å². The third kappa shape index (κ3) is 2.68. The number of pyridine rings is 2. The Morgan fingerprint density at radius 3 is 3.04 bits per heavy atom. The van der Waals surface area contributed by atoms with Gasteiger partial charge in [0.25, 0.3) is 5.56 Å². The molecule has 1 fully saturated rings. The lowest BCUT2D eigenvalue weighted by atomic mass is 10.2. The molecule has 0 aromatic carbocycles. The summed E-state index contributed by atoms with van der Waals surface area (Å²) in [5, 5.41) is 3.28. The summed E-state index contributed by atoms with van der Waals surface area (Å²) in [6, 6.07) is 9.98. The van der Waals surface area contributed by atoms with Crippen molar-refractivity contribution in [1.29, 1.82) is 0 Å². The molecule has 1 saturated heterocycles. The van der Waals surface area contributed by atoms with E-state index in [4.69, 9.17) is 0 Å². The van der Waals surface area contributed by atoms with Gasteiger partial charge in [0.15, 0.2) is 11.6 Å². The maximum absolute atomic E-state index is 13.8. The molecule has 1 aliphatic heterocycles. The van der Waals surface area contributed by atoms with E-state index in [0.717, 1.165) is 6.42 Å². The van der Waals surface area contributed by atoms with Crippen molar-refractivity contribution >= 4 is 17.3 Å². The number of anilines is 2. The number of aromatic nitrogens is 3. The van der Waals surface area contributed by atoms with E-state index in [0.29, 0.717) is 30.4 Å². The number of fused-ring (bicyclic) bond motifs is 1. The topological polar surface area (TPSA) is 62.5 Å². The molecule has 3 aromatic heterocycles. The molecule has 4 heterocycles. The van der Waals surface area contributed by atoms with E-state index < -0.39 is 0 Å². The zero-order valence-electron chi connectivity index (χ0n) is 12.9. The van der Waals surface area contributed by atoms with Gasteiger partial charge in [-0.1, -0.05) is 6.07 Å². The van der Waals surface area contributed by atoms with Gasteiger partial charge in [-0.25, -0.2) is 14.4 Å². The third-order valence-electron chi connectivity index (χ3n) is 4.15. The van der Waals surface area contributed by atoms with Crippen LogP contribution >= 0.6 is 0 Å². The minimum atomic E-state index is -0.319. The van der Waals surface area contributed by atoms with Crippen LogP contribution in [0.2, 0.25) is 0 Å². The molecule has 0 bridgehead atoms. The predicted octanol–water partition coefficient (Wildman–Crippen LogP) is 1.92. The Kier molecular flexibility index (Phi) is 3.60. The van der Waals surface area contributed by atoms with Crippen LogP contribution in [0.25, 0.3) is 5.65 Å². The maximum Gasteiger partial charge on any atom is 0.259 e. The Hall–Kier alpha value is -2.96. The van der Waals surface area contributed by atoms with E-state index in [2.05, 4.69) is 15.3 Å². The number of nitrogens with one attached hydrogen (secondary N) is 1. The van der Waals surface area contributed by atoms with Crippen molar-refractivity contribution in [2.75, 3.05) is 23.3 Å². The molecule has 24 heavy (non-hydrogen) atoms. The van der Waals surface area contributed by atoms with Crippen LogP contribution in [0.1, 0.15) is 6.42 Å². The lowest BCUT2D eigenvalue weighted by Gasteiger charge is -2.18. The van der Waals surface area contributed by atoms with Crippen LogP contribution in [0.5, 0.6) is 0 Å². The molecule has 6 nitrogen and oxygen atoms in total. The van der Waals surface area contributed by atoms with Crippen molar-refractivity contribution in [3.05, 3.63) is 65.0 Å². The van der Waals surface area contributed by atoms with Crippen molar-refractivity contribution in [2.24, 2.45) is 0 Å². The summed E-state index contributed by atoms with van der Waals surface area (Å²) in [4.78, 5) is 22.6. The molecule has 4 rings (SSSR count). The highest BCUT2D eigenvalue weighted by atomic mass is 19.1. The summed E-state index contributed by atoms with van der Waals surface area (Å²) in [7, 11) is 0. The van der Waals surface area contributed by atoms with Gasteiger partial charge in [0.1, 0.15) is 11.5 Å². The van der Waals surface area contributed by atoms with Crippen molar-refractivity contribution in [1.82, 2.24) is 14.4 Å². The summed E-state index contributed by atoms with van der Waals surface area (Å²) in [5.74, 6) is 0.591. The second-order valence-electron chi connectivity index (χ2n) is 5.79. The van der Waals surface area contributed by atoms with Gasteiger partial charge in [0.05, 0.1) is 0 Å². The van der Waals surface area contributed by atoms with Crippen LogP contribution in [0.4, 0.5) is 16.0 Å². The smallest absolute Gasteiger partial charge is 0.259 e. The van der Waals surface area contributed by atoms with Gasteiger partial charge in [0.2, 0.25) is 0 Å². The van der Waals surface area contributed by atoms with Gasteiger partial charge in [-0.3, -0.25) is 9.20 Å². The molecular formula is C17H16FN5O. The quantitative estimate of drug-likeness (QED) is 0.797. The fraction of sp³-hybridized carbons (Fsp3) is 0.235. The first-order chi connectivity index (χ1) is 11.7. The van der Waals surface area contributed by atoms with E-state index in [9.17, 15) is 9.18 Å². The van der Waals surface area contributed by atoms with Gasteiger partial charge in [0, 0.05) is 37.6 Å². The van der Waals surface area contributed by atoms with Crippen molar-refractivity contribution < 1.29 is 4.39 Å². The number of rotatable bonds is 3. The van der Waals surface area contributed by atoms with Crippen LogP contribution < -0.4 is 15.8 Å². The molecule has 0 spiro atoms. The van der Waals surface area contributed by atoms with Gasteiger partial charge in [-0.15, -0.1) is 0 Å². The van der Waals surface area contributed by atoms with Crippen molar-refractivity contribution in [3.8, 4) is 0 Å². The largest absolute Gasteiger partial charge is 0.365 e. The Morgan fingerprint density at radius 2 is 2.17 bits per heavy atom. The average Bonchev–Trinajstić information content (AvgIpc) is 3.03. The average molecular weight is 325 g/mol. The fourth-order valence-corrected chi connectivity index (χ4v) is 3.02. The number of nitrogens with zero attached hydrogens (tertiary/aromatic N) is 4. The number of hydrogen-bond acceptors (Lipinski definition) is 5. The number of halogens is 1. The summed E-state index contributed by atoms with van der Waals surface area (Å²) < 4.78 is 15.3. The van der Waals surface area contributed by atoms with E-state index in [-0.39, 0.29) is 17.4 Å². The molecule has 0 saturated carbocycles. The lowest BCUT2D eigenvalue weighted by molar-refractivity contribution is 0.615. The minimum absolute atomic E-state index is 0.0875. The molecule has 122 valence electrons. The SMILES string of the molecule is O=c1cc(NC2CCN(c3ncccc3F)C2)nc2ccccn12. The molecule has 0 radical (unpaired) electrons. The molecule has 7 heteroatoms. The Balaban J connectivity index is 1.53. The van der Waals surface area contributed by atoms with Crippen LogP contribution in [0.15, 0.2) is 53.6 Å². The molecule has 3 aromatic rings. The van der Waals surface area contributed by atoms with E-state index >= 15 is 0 Å². The normalized spacial score (nSPS) is 17.4. The highest BCUT2D eigenvalue weighted by molar-refractivity contribution is 5.48. The molecule has 1 N–H and O–H groups in total. The number of hydrogen-bond donors (Lipinski definition) is 1. The summed E-state index contributed by atoms with van der Waals surface area (Å²) in [6.07, 6.45) is 4.10. The molecule has 1 atom stereocenters. The molecule has 0 aliphatic carbocycles. The first-order valence-electron chi connectivity index (χ1n) is 7.81. The predicted molar refractivity (Wildman–Crippen MR) is 89.9 cm³/mol. The maximum atomic E-state index is 13.8. The third-order valence-corrected chi connectivity index (χ3v) is 4.15.